The molecule has 0 bridgehead atoms. The highest BCUT2D eigenvalue weighted by Crippen LogP contribution is 2.32. The number of aliphatic imine (C=N–C) groups is 1. The number of rotatable bonds is 5. The molecule has 2 aromatic rings. The quantitative estimate of drug-likeness (QED) is 0.735. The normalized spacial score (nSPS) is 19.4. The molecule has 2 aliphatic rings. The third kappa shape index (κ3) is 4.01. The molecule has 0 aliphatic carbocycles. The van der Waals surface area contributed by atoms with E-state index < -0.39 is 6.61 Å². The summed E-state index contributed by atoms with van der Waals surface area (Å²) in [5.41, 5.74) is 10.4. The van der Waals surface area contributed by atoms with Crippen LogP contribution < -0.4 is 15.8 Å². The van der Waals surface area contributed by atoms with Crippen molar-refractivity contribution in [3.63, 3.8) is 0 Å². The minimum Gasteiger partial charge on any atom is -0.435 e. The molecule has 0 saturated carbocycles. The Morgan fingerprint density at radius 1 is 1.21 bits per heavy atom. The van der Waals surface area contributed by atoms with Gasteiger partial charge in [0.25, 0.3) is 0 Å². The zero-order valence-electron chi connectivity index (χ0n) is 15.4. The van der Waals surface area contributed by atoms with Crippen molar-refractivity contribution in [2.45, 2.75) is 26.0 Å². The molecule has 0 unspecified atom stereocenters. The predicted molar refractivity (Wildman–Crippen MR) is 104 cm³/mol. The van der Waals surface area contributed by atoms with Gasteiger partial charge in [-0.3, -0.25) is 4.90 Å². The first-order chi connectivity index (χ1) is 13.6. The second kappa shape index (κ2) is 8.02. The average Bonchev–Trinajstić information content (AvgIpc) is 3.18. The van der Waals surface area contributed by atoms with Crippen LogP contribution >= 0.6 is 0 Å². The van der Waals surface area contributed by atoms with Gasteiger partial charge < -0.3 is 20.8 Å². The molecule has 1 aromatic heterocycles. The van der Waals surface area contributed by atoms with Gasteiger partial charge >= 0.3 is 6.61 Å². The van der Waals surface area contributed by atoms with E-state index in [0.717, 1.165) is 60.8 Å². The average molecular weight is 387 g/mol. The lowest BCUT2D eigenvalue weighted by Crippen LogP contribution is -2.36. The molecular formula is C20H23F2N5O. The van der Waals surface area contributed by atoms with Crippen molar-refractivity contribution in [3.8, 4) is 5.75 Å². The van der Waals surface area contributed by atoms with Crippen molar-refractivity contribution in [2.24, 2.45) is 16.6 Å². The third-order valence-corrected chi connectivity index (χ3v) is 5.27. The lowest BCUT2D eigenvalue weighted by Gasteiger charge is -2.33. The fourth-order valence-electron chi connectivity index (χ4n) is 3.79. The van der Waals surface area contributed by atoms with Crippen molar-refractivity contribution in [2.75, 3.05) is 13.1 Å². The van der Waals surface area contributed by atoms with Gasteiger partial charge in [-0.25, -0.2) is 4.99 Å². The standard InChI is InChI=1S/C20H23F2N5O/c21-20(22)28-15-3-1-13(2-4-15)11-27-9-6-14(7-10-27)17(23)18-16-5-8-24-19(16)26-12-25-18/h1-5,8,12,14,20,24H,6-7,9-11,23H2,(H,25,26)/b18-17-. The number of piperidine rings is 1. The smallest absolute Gasteiger partial charge is 0.387 e. The second-order valence-electron chi connectivity index (χ2n) is 7.05. The molecule has 1 saturated heterocycles. The summed E-state index contributed by atoms with van der Waals surface area (Å²) in [7, 11) is 0. The number of allylic oxidation sites excluding steroid dienone is 1. The zero-order valence-corrected chi connectivity index (χ0v) is 15.4. The molecule has 6 nitrogen and oxygen atoms in total. The summed E-state index contributed by atoms with van der Waals surface area (Å²) in [6, 6.07) is 8.82. The van der Waals surface area contributed by atoms with Gasteiger partial charge in [0.2, 0.25) is 0 Å². The monoisotopic (exact) mass is 387 g/mol. The van der Waals surface area contributed by atoms with Gasteiger partial charge in [0.05, 0.1) is 12.0 Å². The van der Waals surface area contributed by atoms with Crippen molar-refractivity contribution < 1.29 is 13.5 Å². The van der Waals surface area contributed by atoms with E-state index in [1.54, 1.807) is 18.5 Å². The van der Waals surface area contributed by atoms with E-state index in [4.69, 9.17) is 5.73 Å². The highest BCUT2D eigenvalue weighted by molar-refractivity contribution is 5.87. The molecule has 148 valence electrons. The van der Waals surface area contributed by atoms with Gasteiger partial charge in [-0.2, -0.15) is 8.78 Å². The van der Waals surface area contributed by atoms with Crippen LogP contribution in [0, 0.1) is 5.92 Å². The highest BCUT2D eigenvalue weighted by Gasteiger charge is 2.25. The molecule has 2 aliphatic heterocycles. The Labute approximate surface area is 162 Å². The summed E-state index contributed by atoms with van der Waals surface area (Å²) in [6.07, 6.45) is 5.47. The number of hydrogen-bond acceptors (Lipinski definition) is 5. The van der Waals surface area contributed by atoms with E-state index in [9.17, 15) is 8.78 Å². The van der Waals surface area contributed by atoms with E-state index in [1.165, 1.54) is 0 Å². The van der Waals surface area contributed by atoms with Crippen molar-refractivity contribution >= 4 is 17.9 Å². The number of nitrogens with one attached hydrogen (secondary N) is 2. The first-order valence-electron chi connectivity index (χ1n) is 9.32. The number of benzene rings is 1. The van der Waals surface area contributed by atoms with E-state index in [1.807, 2.05) is 24.4 Å². The van der Waals surface area contributed by atoms with Crippen LogP contribution in [0.4, 0.5) is 14.6 Å². The molecule has 4 rings (SSSR count). The number of hydrogen-bond donors (Lipinski definition) is 3. The number of aromatic nitrogens is 1. The number of halogens is 2. The lowest BCUT2D eigenvalue weighted by molar-refractivity contribution is -0.0498. The predicted octanol–water partition coefficient (Wildman–Crippen LogP) is 3.42. The van der Waals surface area contributed by atoms with E-state index in [0.29, 0.717) is 5.92 Å². The number of nitrogens with zero attached hydrogens (tertiary/aromatic N) is 2. The summed E-state index contributed by atoms with van der Waals surface area (Å²) >= 11 is 0. The SMILES string of the molecule is N/C(=C1\NC=Nc2[nH]ccc21)C1CCN(Cc2ccc(OC(F)F)cc2)CC1. The molecule has 1 aromatic carbocycles. The fourth-order valence-corrected chi connectivity index (χ4v) is 3.79. The fraction of sp³-hybridized carbons (Fsp3) is 0.350. The Morgan fingerprint density at radius 2 is 1.96 bits per heavy atom. The molecule has 4 N–H and O–H groups in total. The van der Waals surface area contributed by atoms with Crippen LogP contribution in [-0.4, -0.2) is 35.9 Å². The van der Waals surface area contributed by atoms with Crippen LogP contribution in [0.2, 0.25) is 0 Å². The lowest BCUT2D eigenvalue weighted by atomic mass is 9.91. The molecule has 1 fully saturated rings. The number of fused-ring (bicyclic) bond motifs is 1. The summed E-state index contributed by atoms with van der Waals surface area (Å²) in [6.45, 7) is -0.147. The first kappa shape index (κ1) is 18.5. The summed E-state index contributed by atoms with van der Waals surface area (Å²) in [5.74, 6) is 1.33. The van der Waals surface area contributed by atoms with Gasteiger partial charge in [-0.15, -0.1) is 0 Å². The van der Waals surface area contributed by atoms with Crippen LogP contribution in [0.1, 0.15) is 24.0 Å². The Kier molecular flexibility index (Phi) is 5.29. The van der Waals surface area contributed by atoms with Crippen LogP contribution in [0.25, 0.3) is 5.70 Å². The Balaban J connectivity index is 1.35. The maximum Gasteiger partial charge on any atom is 0.387 e. The molecule has 3 heterocycles. The van der Waals surface area contributed by atoms with Crippen molar-refractivity contribution in [1.82, 2.24) is 15.2 Å². The molecular weight excluding hydrogens is 364 g/mol. The van der Waals surface area contributed by atoms with Crippen LogP contribution in [-0.2, 0) is 6.54 Å². The number of alkyl halides is 2. The van der Waals surface area contributed by atoms with E-state index in [-0.39, 0.29) is 5.75 Å². The number of H-pyrrole nitrogens is 1. The van der Waals surface area contributed by atoms with Crippen LogP contribution in [0.3, 0.4) is 0 Å². The Hall–Kier alpha value is -2.87. The zero-order chi connectivity index (χ0) is 19.5. The summed E-state index contributed by atoms with van der Waals surface area (Å²) < 4.78 is 28.9. The Bertz CT molecular complexity index is 867. The highest BCUT2D eigenvalue weighted by atomic mass is 19.3. The van der Waals surface area contributed by atoms with Gasteiger partial charge in [0.15, 0.2) is 0 Å². The summed E-state index contributed by atoms with van der Waals surface area (Å²) in [4.78, 5) is 9.74. The number of likely N-dealkylation sites (tertiary alicyclic amines) is 1. The molecule has 0 atom stereocenters. The van der Waals surface area contributed by atoms with Gasteiger partial charge in [0.1, 0.15) is 11.6 Å². The molecule has 0 amide bonds. The van der Waals surface area contributed by atoms with Crippen molar-refractivity contribution in [3.05, 3.63) is 53.4 Å². The second-order valence-corrected chi connectivity index (χ2v) is 7.05. The van der Waals surface area contributed by atoms with Crippen LogP contribution in [0.5, 0.6) is 5.75 Å². The van der Waals surface area contributed by atoms with Crippen molar-refractivity contribution in [1.29, 1.82) is 0 Å². The number of nitrogens with two attached hydrogens (primary N) is 1. The van der Waals surface area contributed by atoms with Gasteiger partial charge in [-0.05, 0) is 49.7 Å². The third-order valence-electron chi connectivity index (χ3n) is 5.27. The minimum absolute atomic E-state index is 0.185. The van der Waals surface area contributed by atoms with Gasteiger partial charge in [-0.1, -0.05) is 12.1 Å². The van der Waals surface area contributed by atoms with Gasteiger partial charge in [0, 0.05) is 29.9 Å². The minimum atomic E-state index is -2.79. The molecule has 28 heavy (non-hydrogen) atoms. The van der Waals surface area contributed by atoms with E-state index >= 15 is 0 Å². The first-order valence-corrected chi connectivity index (χ1v) is 9.32. The number of aromatic amines is 1. The molecule has 0 spiro atoms. The topological polar surface area (TPSA) is 78.7 Å². The number of ether oxygens (including phenoxy) is 1. The maximum atomic E-state index is 12.2. The van der Waals surface area contributed by atoms with Crippen LogP contribution in [0.15, 0.2) is 47.2 Å². The molecule has 8 heteroatoms. The largest absolute Gasteiger partial charge is 0.435 e. The maximum absolute atomic E-state index is 12.2. The molecule has 0 radical (unpaired) electrons. The Morgan fingerprint density at radius 3 is 2.68 bits per heavy atom. The summed E-state index contributed by atoms with van der Waals surface area (Å²) in [5, 5.41) is 3.19. The van der Waals surface area contributed by atoms with E-state index in [2.05, 4.69) is 24.9 Å².